The van der Waals surface area contributed by atoms with E-state index in [9.17, 15) is 9.59 Å². The summed E-state index contributed by atoms with van der Waals surface area (Å²) < 4.78 is 6.87. The van der Waals surface area contributed by atoms with Crippen molar-refractivity contribution in [2.45, 2.75) is 18.8 Å². The van der Waals surface area contributed by atoms with Gasteiger partial charge in [0.15, 0.2) is 18.1 Å². The summed E-state index contributed by atoms with van der Waals surface area (Å²) in [7, 11) is 0. The van der Waals surface area contributed by atoms with E-state index in [-0.39, 0.29) is 12.4 Å². The predicted octanol–water partition coefficient (Wildman–Crippen LogP) is 3.79. The fourth-order valence-electron chi connectivity index (χ4n) is 2.80. The number of hydrogen-bond donors (Lipinski definition) is 0. The highest BCUT2D eigenvalue weighted by molar-refractivity contribution is 5.99. The third-order valence-corrected chi connectivity index (χ3v) is 4.36. The minimum Gasteiger partial charge on any atom is -0.453 e. The molecule has 0 unspecified atom stereocenters. The maximum atomic E-state index is 12.6. The van der Waals surface area contributed by atoms with Gasteiger partial charge >= 0.3 is 5.97 Å². The Morgan fingerprint density at radius 2 is 1.65 bits per heavy atom. The highest BCUT2D eigenvalue weighted by Gasteiger charge is 2.29. The molecule has 2 aromatic carbocycles. The van der Waals surface area contributed by atoms with Crippen LogP contribution in [-0.2, 0) is 4.74 Å². The first-order chi connectivity index (χ1) is 12.7. The van der Waals surface area contributed by atoms with Gasteiger partial charge in [-0.05, 0) is 31.0 Å². The lowest BCUT2D eigenvalue weighted by atomic mass is 10.1. The van der Waals surface area contributed by atoms with E-state index < -0.39 is 5.97 Å². The molecule has 0 spiro atoms. The van der Waals surface area contributed by atoms with Crippen molar-refractivity contribution < 1.29 is 14.3 Å². The molecule has 1 aromatic heterocycles. The number of carbonyl (C=O) groups is 2. The Labute approximate surface area is 151 Å². The van der Waals surface area contributed by atoms with Crippen molar-refractivity contribution in [2.75, 3.05) is 6.61 Å². The predicted molar refractivity (Wildman–Crippen MR) is 96.6 cm³/mol. The second-order valence-corrected chi connectivity index (χ2v) is 6.34. The van der Waals surface area contributed by atoms with Crippen LogP contribution in [0.25, 0.3) is 5.69 Å². The molecule has 1 aliphatic rings. The SMILES string of the molecule is O=C(COC(=O)c1cc(C2CC2)nn1-c1ccccc1)c1ccccc1. The van der Waals surface area contributed by atoms with Crippen molar-refractivity contribution in [1.82, 2.24) is 9.78 Å². The molecule has 0 bridgehead atoms. The van der Waals surface area contributed by atoms with Crippen LogP contribution < -0.4 is 0 Å². The summed E-state index contributed by atoms with van der Waals surface area (Å²) in [4.78, 5) is 24.8. The van der Waals surface area contributed by atoms with E-state index in [2.05, 4.69) is 5.10 Å². The number of aromatic nitrogens is 2. The summed E-state index contributed by atoms with van der Waals surface area (Å²) >= 11 is 0. The van der Waals surface area contributed by atoms with Crippen LogP contribution in [0.2, 0.25) is 0 Å². The summed E-state index contributed by atoms with van der Waals surface area (Å²) in [5.41, 5.74) is 2.56. The van der Waals surface area contributed by atoms with Gasteiger partial charge < -0.3 is 4.74 Å². The lowest BCUT2D eigenvalue weighted by Gasteiger charge is -2.07. The van der Waals surface area contributed by atoms with Crippen molar-refractivity contribution in [3.05, 3.63) is 83.7 Å². The second kappa shape index (κ2) is 6.96. The fraction of sp³-hybridized carbons (Fsp3) is 0.190. The molecule has 1 heterocycles. The Hall–Kier alpha value is -3.21. The molecule has 4 rings (SSSR count). The van der Waals surface area contributed by atoms with Crippen molar-refractivity contribution in [2.24, 2.45) is 0 Å². The average molecular weight is 346 g/mol. The normalized spacial score (nSPS) is 13.4. The van der Waals surface area contributed by atoms with Crippen molar-refractivity contribution >= 4 is 11.8 Å². The summed E-state index contributed by atoms with van der Waals surface area (Å²) in [6, 6.07) is 20.0. The Balaban J connectivity index is 1.54. The number of esters is 1. The minimum absolute atomic E-state index is 0.229. The van der Waals surface area contributed by atoms with Crippen LogP contribution in [0.1, 0.15) is 45.3 Å². The maximum absolute atomic E-state index is 12.6. The monoisotopic (exact) mass is 346 g/mol. The van der Waals surface area contributed by atoms with Gasteiger partial charge in [0, 0.05) is 11.5 Å². The van der Waals surface area contributed by atoms with Gasteiger partial charge in [0.1, 0.15) is 0 Å². The Kier molecular flexibility index (Phi) is 4.35. The third kappa shape index (κ3) is 3.42. The molecule has 130 valence electrons. The summed E-state index contributed by atoms with van der Waals surface area (Å²) in [6.45, 7) is -0.290. The molecule has 0 N–H and O–H groups in total. The van der Waals surface area contributed by atoms with E-state index in [0.29, 0.717) is 17.2 Å². The van der Waals surface area contributed by atoms with E-state index in [0.717, 1.165) is 24.2 Å². The quantitative estimate of drug-likeness (QED) is 0.503. The molecule has 0 radical (unpaired) electrons. The number of nitrogens with zero attached hydrogens (tertiary/aromatic N) is 2. The zero-order valence-electron chi connectivity index (χ0n) is 14.2. The number of hydrogen-bond acceptors (Lipinski definition) is 4. The molecular formula is C21H18N2O3. The first kappa shape index (κ1) is 16.3. The van der Waals surface area contributed by atoms with Crippen molar-refractivity contribution in [3.63, 3.8) is 0 Å². The Morgan fingerprint density at radius 3 is 2.31 bits per heavy atom. The zero-order chi connectivity index (χ0) is 17.9. The van der Waals surface area contributed by atoms with E-state index in [1.807, 2.05) is 36.4 Å². The van der Waals surface area contributed by atoms with E-state index in [1.165, 1.54) is 0 Å². The van der Waals surface area contributed by atoms with Gasteiger partial charge in [0.05, 0.1) is 11.4 Å². The minimum atomic E-state index is -0.544. The van der Waals surface area contributed by atoms with E-state index >= 15 is 0 Å². The number of Topliss-reactive ketones (excluding diaryl/α,β-unsaturated/α-hetero) is 1. The van der Waals surface area contributed by atoms with Gasteiger partial charge in [-0.3, -0.25) is 4.79 Å². The molecule has 1 fully saturated rings. The van der Waals surface area contributed by atoms with Gasteiger partial charge in [-0.25, -0.2) is 9.48 Å². The fourth-order valence-corrected chi connectivity index (χ4v) is 2.80. The molecule has 1 aliphatic carbocycles. The standard InChI is InChI=1S/C21H18N2O3/c24-20(16-7-3-1-4-8-16)14-26-21(25)19-13-18(15-11-12-15)22-23(19)17-9-5-2-6-10-17/h1-10,13,15H,11-12,14H2. The van der Waals surface area contributed by atoms with Crippen LogP contribution in [0.15, 0.2) is 66.7 Å². The molecule has 1 saturated carbocycles. The molecule has 26 heavy (non-hydrogen) atoms. The number of para-hydroxylation sites is 1. The first-order valence-electron chi connectivity index (χ1n) is 8.63. The highest BCUT2D eigenvalue weighted by Crippen LogP contribution is 2.39. The zero-order valence-corrected chi connectivity index (χ0v) is 14.2. The second-order valence-electron chi connectivity index (χ2n) is 6.34. The van der Waals surface area contributed by atoms with Crippen LogP contribution in [0.3, 0.4) is 0 Å². The van der Waals surface area contributed by atoms with Gasteiger partial charge in [-0.15, -0.1) is 0 Å². The van der Waals surface area contributed by atoms with E-state index in [1.54, 1.807) is 35.0 Å². The molecular weight excluding hydrogens is 328 g/mol. The maximum Gasteiger partial charge on any atom is 0.357 e. The first-order valence-corrected chi connectivity index (χ1v) is 8.63. The lowest BCUT2D eigenvalue weighted by Crippen LogP contribution is -2.17. The average Bonchev–Trinajstić information content (AvgIpc) is 3.45. The Morgan fingerprint density at radius 1 is 1.00 bits per heavy atom. The number of carbonyl (C=O) groups excluding carboxylic acids is 2. The van der Waals surface area contributed by atoms with Crippen LogP contribution >= 0.6 is 0 Å². The molecule has 3 aromatic rings. The summed E-state index contributed by atoms with van der Waals surface area (Å²) in [6.07, 6.45) is 2.18. The molecule has 0 atom stereocenters. The number of benzene rings is 2. The molecule has 0 amide bonds. The molecule has 5 nitrogen and oxygen atoms in total. The molecule has 5 heteroatoms. The largest absolute Gasteiger partial charge is 0.453 e. The summed E-state index contributed by atoms with van der Waals surface area (Å²) in [5.74, 6) is -0.359. The summed E-state index contributed by atoms with van der Waals surface area (Å²) in [5, 5.41) is 4.58. The number of ketones is 1. The number of rotatable bonds is 6. The van der Waals surface area contributed by atoms with Crippen molar-refractivity contribution in [3.8, 4) is 5.69 Å². The topological polar surface area (TPSA) is 61.2 Å². The van der Waals surface area contributed by atoms with E-state index in [4.69, 9.17) is 4.74 Å². The number of ether oxygens (including phenoxy) is 1. The van der Waals surface area contributed by atoms with Gasteiger partial charge in [0.2, 0.25) is 0 Å². The van der Waals surface area contributed by atoms with Gasteiger partial charge in [-0.2, -0.15) is 5.10 Å². The van der Waals surface area contributed by atoms with Gasteiger partial charge in [0.25, 0.3) is 0 Å². The highest BCUT2D eigenvalue weighted by atomic mass is 16.5. The third-order valence-electron chi connectivity index (χ3n) is 4.36. The Bertz CT molecular complexity index is 928. The lowest BCUT2D eigenvalue weighted by molar-refractivity contribution is 0.0465. The van der Waals surface area contributed by atoms with Crippen LogP contribution in [0, 0.1) is 0 Å². The molecule has 0 saturated heterocycles. The smallest absolute Gasteiger partial charge is 0.357 e. The van der Waals surface area contributed by atoms with Crippen LogP contribution in [0.5, 0.6) is 0 Å². The van der Waals surface area contributed by atoms with Crippen molar-refractivity contribution in [1.29, 1.82) is 0 Å². The van der Waals surface area contributed by atoms with Gasteiger partial charge in [-0.1, -0.05) is 48.5 Å². The molecule has 0 aliphatic heterocycles. The van der Waals surface area contributed by atoms with Crippen LogP contribution in [-0.4, -0.2) is 28.1 Å². The van der Waals surface area contributed by atoms with Crippen LogP contribution in [0.4, 0.5) is 0 Å².